The second-order valence-corrected chi connectivity index (χ2v) is 2.44. The predicted molar refractivity (Wildman–Crippen MR) is 39.7 cm³/mol. The standard InChI is InChI=1S/C4H9NOS2.Na/c1-5(2-3-6)4(7)8;/h6H,2-3H2,1H3,(H,7,8);/q;+1/p-1. The molecule has 0 aromatic carbocycles. The Morgan fingerprint density at radius 2 is 2.22 bits per heavy atom. The summed E-state index contributed by atoms with van der Waals surface area (Å²) in [5.41, 5.74) is 0. The third kappa shape index (κ3) is 6.96. The Hall–Kier alpha value is 1.07. The molecule has 0 aliphatic carbocycles. The Balaban J connectivity index is 0. The van der Waals surface area contributed by atoms with Gasteiger partial charge in [0, 0.05) is 13.6 Å². The fourth-order valence-electron chi connectivity index (χ4n) is 0.241. The molecule has 0 aromatic heterocycles. The smallest absolute Gasteiger partial charge is 0.411 e. The Morgan fingerprint density at radius 1 is 1.78 bits per heavy atom. The van der Waals surface area contributed by atoms with E-state index in [1.165, 1.54) is 0 Å². The first-order chi connectivity index (χ1) is 3.68. The molecule has 0 aliphatic rings. The van der Waals surface area contributed by atoms with E-state index in [0.29, 0.717) is 10.9 Å². The van der Waals surface area contributed by atoms with Gasteiger partial charge in [-0.25, -0.2) is 0 Å². The van der Waals surface area contributed by atoms with Crippen LogP contribution >= 0.6 is 12.2 Å². The van der Waals surface area contributed by atoms with E-state index in [9.17, 15) is 0 Å². The predicted octanol–water partition coefficient (Wildman–Crippen LogP) is -3.25. The van der Waals surface area contributed by atoms with Crippen LogP contribution in [0.1, 0.15) is 0 Å². The largest absolute Gasteiger partial charge is 1.00 e. The molecule has 0 atom stereocenters. The number of aliphatic hydroxyl groups excluding tert-OH is 1. The summed E-state index contributed by atoms with van der Waals surface area (Å²) in [5.74, 6) is 0. The first-order valence-corrected chi connectivity index (χ1v) is 3.03. The molecule has 0 saturated carbocycles. The SMILES string of the molecule is CN(CCO)C(=S)[S-].[Na+]. The molecular weight excluding hydrogens is 165 g/mol. The summed E-state index contributed by atoms with van der Waals surface area (Å²) in [4.78, 5) is 1.64. The second-order valence-electron chi connectivity index (χ2n) is 1.41. The number of thiocarbonyl (C=S) groups is 1. The third-order valence-electron chi connectivity index (χ3n) is 0.747. The van der Waals surface area contributed by atoms with Crippen molar-refractivity contribution in [2.75, 3.05) is 20.2 Å². The van der Waals surface area contributed by atoms with E-state index in [0.717, 1.165) is 0 Å². The van der Waals surface area contributed by atoms with Gasteiger partial charge < -0.3 is 34.9 Å². The summed E-state index contributed by atoms with van der Waals surface area (Å²) in [7, 11) is 1.76. The van der Waals surface area contributed by atoms with Crippen molar-refractivity contribution < 1.29 is 34.7 Å². The van der Waals surface area contributed by atoms with Gasteiger partial charge in [-0.3, -0.25) is 0 Å². The number of hydrogen-bond donors (Lipinski definition) is 1. The number of nitrogens with zero attached hydrogens (tertiary/aromatic N) is 1. The van der Waals surface area contributed by atoms with Gasteiger partial charge in [0.1, 0.15) is 0 Å². The number of likely N-dealkylation sites (N-methyl/N-ethyl adjacent to an activating group) is 1. The van der Waals surface area contributed by atoms with E-state index >= 15 is 0 Å². The van der Waals surface area contributed by atoms with Crippen LogP contribution in [0.2, 0.25) is 0 Å². The average molecular weight is 173 g/mol. The van der Waals surface area contributed by atoms with Crippen LogP contribution in [0, 0.1) is 0 Å². The zero-order chi connectivity index (χ0) is 6.57. The van der Waals surface area contributed by atoms with Gasteiger partial charge in [0.25, 0.3) is 0 Å². The van der Waals surface area contributed by atoms with E-state index < -0.39 is 0 Å². The molecule has 2 nitrogen and oxygen atoms in total. The molecular formula is C4H8NNaOS2. The van der Waals surface area contributed by atoms with Crippen molar-refractivity contribution in [3.63, 3.8) is 0 Å². The summed E-state index contributed by atoms with van der Waals surface area (Å²) in [6.07, 6.45) is 0. The molecule has 0 aliphatic heterocycles. The topological polar surface area (TPSA) is 23.5 Å². The number of hydrogen-bond acceptors (Lipinski definition) is 3. The molecule has 0 bridgehead atoms. The van der Waals surface area contributed by atoms with Crippen LogP contribution in [0.15, 0.2) is 0 Å². The van der Waals surface area contributed by atoms with Gasteiger partial charge in [-0.2, -0.15) is 0 Å². The van der Waals surface area contributed by atoms with E-state index in [1.54, 1.807) is 11.9 Å². The monoisotopic (exact) mass is 173 g/mol. The van der Waals surface area contributed by atoms with E-state index in [1.807, 2.05) is 0 Å². The second kappa shape index (κ2) is 7.18. The maximum Gasteiger partial charge on any atom is 1.00 e. The van der Waals surface area contributed by atoms with Crippen molar-refractivity contribution in [1.82, 2.24) is 4.90 Å². The minimum absolute atomic E-state index is 0. The van der Waals surface area contributed by atoms with Crippen LogP contribution < -0.4 is 29.6 Å². The van der Waals surface area contributed by atoms with Gasteiger partial charge in [0.2, 0.25) is 0 Å². The minimum Gasteiger partial charge on any atom is -0.411 e. The van der Waals surface area contributed by atoms with Crippen LogP contribution in [0.5, 0.6) is 0 Å². The molecule has 5 heteroatoms. The Morgan fingerprint density at radius 3 is 2.33 bits per heavy atom. The van der Waals surface area contributed by atoms with Crippen molar-refractivity contribution in [3.8, 4) is 0 Å². The molecule has 1 N–H and O–H groups in total. The van der Waals surface area contributed by atoms with Crippen molar-refractivity contribution in [3.05, 3.63) is 0 Å². The normalized spacial score (nSPS) is 7.78. The van der Waals surface area contributed by atoms with Crippen LogP contribution in [0.3, 0.4) is 0 Å². The molecule has 0 spiro atoms. The summed E-state index contributed by atoms with van der Waals surface area (Å²) in [6, 6.07) is 0. The molecule has 0 amide bonds. The molecule has 0 fully saturated rings. The van der Waals surface area contributed by atoms with Gasteiger partial charge in [0.05, 0.1) is 6.61 Å². The van der Waals surface area contributed by atoms with Crippen LogP contribution in [-0.4, -0.2) is 34.5 Å². The van der Waals surface area contributed by atoms with Gasteiger partial charge in [-0.05, 0) is 0 Å². The molecule has 0 aromatic rings. The van der Waals surface area contributed by atoms with Crippen LogP contribution in [0.4, 0.5) is 0 Å². The fourth-order valence-corrected chi connectivity index (χ4v) is 0.424. The molecule has 9 heavy (non-hydrogen) atoms. The summed E-state index contributed by atoms with van der Waals surface area (Å²) >= 11 is 9.23. The summed E-state index contributed by atoms with van der Waals surface area (Å²) in [5, 5.41) is 8.34. The van der Waals surface area contributed by atoms with Crippen molar-refractivity contribution >= 4 is 29.2 Å². The van der Waals surface area contributed by atoms with E-state index in [4.69, 9.17) is 5.11 Å². The maximum absolute atomic E-state index is 8.34. The molecule has 0 heterocycles. The Kier molecular flexibility index (Phi) is 10.1. The first kappa shape index (κ1) is 12.7. The van der Waals surface area contributed by atoms with E-state index in [-0.39, 0.29) is 36.2 Å². The quantitative estimate of drug-likeness (QED) is 0.269. The number of aliphatic hydroxyl groups is 1. The van der Waals surface area contributed by atoms with Crippen LogP contribution in [-0.2, 0) is 12.6 Å². The third-order valence-corrected chi connectivity index (χ3v) is 1.37. The van der Waals surface area contributed by atoms with Crippen molar-refractivity contribution in [1.29, 1.82) is 0 Å². The first-order valence-electron chi connectivity index (χ1n) is 2.21. The Labute approximate surface area is 88.3 Å². The van der Waals surface area contributed by atoms with Crippen molar-refractivity contribution in [2.24, 2.45) is 0 Å². The summed E-state index contributed by atoms with van der Waals surface area (Å²) in [6.45, 7) is 0.635. The fraction of sp³-hybridized carbons (Fsp3) is 0.750. The van der Waals surface area contributed by atoms with Crippen LogP contribution in [0.25, 0.3) is 0 Å². The average Bonchev–Trinajstić information content (AvgIpc) is 1.67. The maximum atomic E-state index is 8.34. The van der Waals surface area contributed by atoms with E-state index in [2.05, 4.69) is 24.8 Å². The molecule has 48 valence electrons. The zero-order valence-corrected chi connectivity index (χ0v) is 9.26. The number of rotatable bonds is 2. The van der Waals surface area contributed by atoms with Gasteiger partial charge >= 0.3 is 29.6 Å². The van der Waals surface area contributed by atoms with Gasteiger partial charge in [-0.1, -0.05) is 4.32 Å². The van der Waals surface area contributed by atoms with Crippen molar-refractivity contribution in [2.45, 2.75) is 0 Å². The molecule has 0 unspecified atom stereocenters. The summed E-state index contributed by atoms with van der Waals surface area (Å²) < 4.78 is 0.402. The molecule has 0 rings (SSSR count). The minimum atomic E-state index is 0. The van der Waals surface area contributed by atoms with Gasteiger partial charge in [-0.15, -0.1) is 0 Å². The van der Waals surface area contributed by atoms with Gasteiger partial charge in [0.15, 0.2) is 0 Å². The zero-order valence-electron chi connectivity index (χ0n) is 5.63. The Bertz CT molecular complexity index is 90.6. The molecule has 0 saturated heterocycles. The molecule has 0 radical (unpaired) electrons.